The lowest BCUT2D eigenvalue weighted by atomic mass is 10.1. The third kappa shape index (κ3) is 4.40. The number of amides is 1. The summed E-state index contributed by atoms with van der Waals surface area (Å²) in [5.41, 5.74) is 3.92. The number of rotatable bonds is 6. The summed E-state index contributed by atoms with van der Waals surface area (Å²) in [5, 5.41) is 8.40. The van der Waals surface area contributed by atoms with Crippen LogP contribution in [0.1, 0.15) is 27.9 Å². The predicted octanol–water partition coefficient (Wildman–Crippen LogP) is 4.63. The second kappa shape index (κ2) is 9.17. The quantitative estimate of drug-likeness (QED) is 0.455. The molecular formula is C25H25N5O2S. The van der Waals surface area contributed by atoms with Crippen LogP contribution in [0.2, 0.25) is 0 Å². The predicted molar refractivity (Wildman–Crippen MR) is 130 cm³/mol. The maximum Gasteiger partial charge on any atom is 0.261 e. The van der Waals surface area contributed by atoms with Gasteiger partial charge in [-0.3, -0.25) is 15.0 Å². The zero-order valence-electron chi connectivity index (χ0n) is 18.6. The molecule has 3 heterocycles. The third-order valence-corrected chi connectivity index (χ3v) is 6.82. The number of thiazole rings is 1. The van der Waals surface area contributed by atoms with Gasteiger partial charge >= 0.3 is 0 Å². The maximum atomic E-state index is 13.4. The van der Waals surface area contributed by atoms with E-state index in [1.165, 1.54) is 4.88 Å². The second-order valence-electron chi connectivity index (χ2n) is 7.86. The van der Waals surface area contributed by atoms with E-state index in [2.05, 4.69) is 17.1 Å². The molecule has 33 heavy (non-hydrogen) atoms. The molecule has 7 nitrogen and oxygen atoms in total. The standard InChI is InChI=1S/C25H25N5O2S/c1-3-29-14-13-21-22(16-29)33-25(26-21)27-24(31)20-15-30(18-7-5-4-6-8-18)28-23(20)17-9-11-19(32-2)12-10-17/h4-12,15H,3,13-14,16H2,1-2H3,(H,26,27,31). The molecule has 168 valence electrons. The van der Waals surface area contributed by atoms with Gasteiger partial charge in [-0.15, -0.1) is 11.3 Å². The number of nitrogens with one attached hydrogen (secondary N) is 1. The van der Waals surface area contributed by atoms with Crippen LogP contribution in [0.25, 0.3) is 16.9 Å². The highest BCUT2D eigenvalue weighted by molar-refractivity contribution is 7.15. The van der Waals surface area contributed by atoms with Gasteiger partial charge in [0, 0.05) is 36.1 Å². The number of anilines is 1. The van der Waals surface area contributed by atoms with Crippen molar-refractivity contribution in [3.05, 3.63) is 76.9 Å². The van der Waals surface area contributed by atoms with Gasteiger partial charge < -0.3 is 4.74 Å². The first kappa shape index (κ1) is 21.4. The van der Waals surface area contributed by atoms with Crippen molar-refractivity contribution < 1.29 is 9.53 Å². The van der Waals surface area contributed by atoms with E-state index in [9.17, 15) is 4.79 Å². The first-order chi connectivity index (χ1) is 16.1. The molecule has 0 fully saturated rings. The molecule has 0 saturated heterocycles. The summed E-state index contributed by atoms with van der Waals surface area (Å²) < 4.78 is 7.01. The number of likely N-dealkylation sites (N-methyl/N-ethyl adjacent to an activating group) is 1. The number of hydrogen-bond acceptors (Lipinski definition) is 6. The van der Waals surface area contributed by atoms with E-state index < -0.39 is 0 Å². The molecule has 2 aromatic carbocycles. The van der Waals surface area contributed by atoms with Crippen molar-refractivity contribution in [1.29, 1.82) is 0 Å². The monoisotopic (exact) mass is 459 g/mol. The van der Waals surface area contributed by atoms with Crippen LogP contribution in [0.3, 0.4) is 0 Å². The Hall–Kier alpha value is -3.49. The molecule has 0 spiro atoms. The van der Waals surface area contributed by atoms with Crippen LogP contribution in [-0.4, -0.2) is 45.8 Å². The first-order valence-electron chi connectivity index (χ1n) is 11.0. The zero-order chi connectivity index (χ0) is 22.8. The van der Waals surface area contributed by atoms with E-state index >= 15 is 0 Å². The Morgan fingerprint density at radius 3 is 2.67 bits per heavy atom. The molecule has 1 aliphatic heterocycles. The second-order valence-corrected chi connectivity index (χ2v) is 8.95. The summed E-state index contributed by atoms with van der Waals surface area (Å²) in [4.78, 5) is 21.7. The normalized spacial score (nSPS) is 13.5. The van der Waals surface area contributed by atoms with Crippen LogP contribution >= 0.6 is 11.3 Å². The molecule has 0 radical (unpaired) electrons. The fourth-order valence-electron chi connectivity index (χ4n) is 3.95. The van der Waals surface area contributed by atoms with Crippen molar-refractivity contribution in [2.24, 2.45) is 0 Å². The number of methoxy groups -OCH3 is 1. The van der Waals surface area contributed by atoms with Crippen LogP contribution < -0.4 is 10.1 Å². The van der Waals surface area contributed by atoms with Crippen LogP contribution in [0.4, 0.5) is 5.13 Å². The van der Waals surface area contributed by atoms with Gasteiger partial charge in [-0.05, 0) is 42.9 Å². The molecule has 0 atom stereocenters. The molecular weight excluding hydrogens is 434 g/mol. The van der Waals surface area contributed by atoms with Crippen LogP contribution in [0, 0.1) is 0 Å². The number of nitrogens with zero attached hydrogens (tertiary/aromatic N) is 4. The number of hydrogen-bond donors (Lipinski definition) is 1. The molecule has 1 N–H and O–H groups in total. The summed E-state index contributed by atoms with van der Waals surface area (Å²) in [6, 6.07) is 17.3. The van der Waals surface area contributed by atoms with E-state index in [-0.39, 0.29) is 5.91 Å². The van der Waals surface area contributed by atoms with Gasteiger partial charge in [-0.1, -0.05) is 25.1 Å². The fraction of sp³-hybridized carbons (Fsp3) is 0.240. The van der Waals surface area contributed by atoms with E-state index in [4.69, 9.17) is 14.8 Å². The fourth-order valence-corrected chi connectivity index (χ4v) is 5.00. The van der Waals surface area contributed by atoms with Crippen LogP contribution in [0.15, 0.2) is 60.8 Å². The first-order valence-corrected chi connectivity index (χ1v) is 11.8. The van der Waals surface area contributed by atoms with Crippen LogP contribution in [0.5, 0.6) is 5.75 Å². The molecule has 1 aliphatic rings. The minimum atomic E-state index is -0.221. The number of para-hydroxylation sites is 1. The van der Waals surface area contributed by atoms with Crippen molar-refractivity contribution in [2.45, 2.75) is 19.9 Å². The molecule has 2 aromatic heterocycles. The van der Waals surface area contributed by atoms with Crippen molar-refractivity contribution >= 4 is 22.4 Å². The molecule has 0 saturated carbocycles. The number of ether oxygens (including phenoxy) is 1. The number of benzene rings is 2. The number of fused-ring (bicyclic) bond motifs is 1. The van der Waals surface area contributed by atoms with Crippen molar-refractivity contribution in [1.82, 2.24) is 19.7 Å². The van der Waals surface area contributed by atoms with E-state index in [0.717, 1.165) is 48.7 Å². The Balaban J connectivity index is 1.47. The summed E-state index contributed by atoms with van der Waals surface area (Å²) in [6.07, 6.45) is 2.69. The molecule has 0 bridgehead atoms. The van der Waals surface area contributed by atoms with E-state index in [1.54, 1.807) is 29.3 Å². The minimum Gasteiger partial charge on any atom is -0.497 e. The Kier molecular flexibility index (Phi) is 5.93. The maximum absolute atomic E-state index is 13.4. The van der Waals surface area contributed by atoms with Crippen molar-refractivity contribution in [2.75, 3.05) is 25.5 Å². The molecule has 1 amide bonds. The van der Waals surface area contributed by atoms with Gasteiger partial charge in [-0.2, -0.15) is 5.10 Å². The summed E-state index contributed by atoms with van der Waals surface area (Å²) in [6.45, 7) is 5.08. The smallest absolute Gasteiger partial charge is 0.261 e. The van der Waals surface area contributed by atoms with Gasteiger partial charge in [0.2, 0.25) is 0 Å². The summed E-state index contributed by atoms with van der Waals surface area (Å²) in [5.74, 6) is 0.531. The van der Waals surface area contributed by atoms with Gasteiger partial charge in [0.15, 0.2) is 5.13 Å². The summed E-state index contributed by atoms with van der Waals surface area (Å²) in [7, 11) is 1.63. The average Bonchev–Trinajstić information content (AvgIpc) is 3.48. The van der Waals surface area contributed by atoms with Crippen LogP contribution in [-0.2, 0) is 13.0 Å². The summed E-state index contributed by atoms with van der Waals surface area (Å²) >= 11 is 1.56. The lowest BCUT2D eigenvalue weighted by Gasteiger charge is -2.23. The highest BCUT2D eigenvalue weighted by atomic mass is 32.1. The Bertz CT molecular complexity index is 1260. The molecule has 4 aromatic rings. The highest BCUT2D eigenvalue weighted by Crippen LogP contribution is 2.30. The van der Waals surface area contributed by atoms with Gasteiger partial charge in [0.05, 0.1) is 24.1 Å². The number of aromatic nitrogens is 3. The van der Waals surface area contributed by atoms with Gasteiger partial charge in [0.25, 0.3) is 5.91 Å². The van der Waals surface area contributed by atoms with E-state index in [0.29, 0.717) is 16.4 Å². The Morgan fingerprint density at radius 2 is 1.94 bits per heavy atom. The van der Waals surface area contributed by atoms with Crippen molar-refractivity contribution in [3.63, 3.8) is 0 Å². The molecule has 5 rings (SSSR count). The number of carbonyl (C=O) groups is 1. The molecule has 0 unspecified atom stereocenters. The van der Waals surface area contributed by atoms with Crippen molar-refractivity contribution in [3.8, 4) is 22.7 Å². The lowest BCUT2D eigenvalue weighted by molar-refractivity contribution is 0.102. The Morgan fingerprint density at radius 1 is 1.15 bits per heavy atom. The third-order valence-electron chi connectivity index (χ3n) is 5.82. The lowest BCUT2D eigenvalue weighted by Crippen LogP contribution is -2.29. The van der Waals surface area contributed by atoms with E-state index in [1.807, 2.05) is 54.6 Å². The SMILES string of the molecule is CCN1CCc2nc(NC(=O)c3cn(-c4ccccc4)nc3-c3ccc(OC)cc3)sc2C1. The molecule has 0 aliphatic carbocycles. The average molecular weight is 460 g/mol. The van der Waals surface area contributed by atoms with Gasteiger partial charge in [0.1, 0.15) is 11.4 Å². The highest BCUT2D eigenvalue weighted by Gasteiger charge is 2.23. The molecule has 8 heteroatoms. The number of carbonyl (C=O) groups excluding carboxylic acids is 1. The largest absolute Gasteiger partial charge is 0.497 e. The van der Waals surface area contributed by atoms with Gasteiger partial charge in [-0.25, -0.2) is 9.67 Å². The Labute approximate surface area is 196 Å². The zero-order valence-corrected chi connectivity index (χ0v) is 19.4. The minimum absolute atomic E-state index is 0.221. The topological polar surface area (TPSA) is 72.3 Å².